The maximum atomic E-state index is 12.0. The SMILES string of the molecule is Nc1ccc(C(=O)Nc2ccccc2Br)cc1Cl. The van der Waals surface area contributed by atoms with Crippen LogP contribution in [0.4, 0.5) is 11.4 Å². The van der Waals surface area contributed by atoms with Crippen LogP contribution in [0, 0.1) is 0 Å². The normalized spacial score (nSPS) is 10.1. The minimum atomic E-state index is -0.233. The predicted molar refractivity (Wildman–Crippen MR) is 78.0 cm³/mol. The largest absolute Gasteiger partial charge is 0.398 e. The number of rotatable bonds is 2. The number of hydrogen-bond donors (Lipinski definition) is 2. The molecule has 0 bridgehead atoms. The first-order valence-electron chi connectivity index (χ1n) is 5.19. The Kier molecular flexibility index (Phi) is 3.89. The fraction of sp³-hybridized carbons (Fsp3) is 0. The Labute approximate surface area is 118 Å². The van der Waals surface area contributed by atoms with E-state index in [1.807, 2.05) is 18.2 Å². The van der Waals surface area contributed by atoms with Gasteiger partial charge in [0.05, 0.1) is 16.4 Å². The average molecular weight is 326 g/mol. The standard InChI is InChI=1S/C13H10BrClN2O/c14-9-3-1-2-4-12(9)17-13(18)8-5-6-11(16)10(15)7-8/h1-7H,16H2,(H,17,18). The number of benzene rings is 2. The zero-order valence-electron chi connectivity index (χ0n) is 9.28. The lowest BCUT2D eigenvalue weighted by Crippen LogP contribution is -2.12. The van der Waals surface area contributed by atoms with E-state index in [0.717, 1.165) is 4.47 Å². The lowest BCUT2D eigenvalue weighted by molar-refractivity contribution is 0.102. The van der Waals surface area contributed by atoms with Crippen LogP contribution in [0.3, 0.4) is 0 Å². The molecule has 0 fully saturated rings. The first kappa shape index (κ1) is 12.9. The Morgan fingerprint density at radius 3 is 2.61 bits per heavy atom. The van der Waals surface area contributed by atoms with E-state index in [4.69, 9.17) is 17.3 Å². The molecule has 0 aliphatic rings. The molecule has 0 unspecified atom stereocenters. The molecule has 1 amide bonds. The number of nitrogens with two attached hydrogens (primary N) is 1. The van der Waals surface area contributed by atoms with Crippen molar-refractivity contribution in [2.45, 2.75) is 0 Å². The lowest BCUT2D eigenvalue weighted by Gasteiger charge is -2.08. The number of anilines is 2. The molecule has 0 saturated carbocycles. The van der Waals surface area contributed by atoms with E-state index < -0.39 is 0 Å². The highest BCUT2D eigenvalue weighted by Crippen LogP contribution is 2.23. The molecule has 2 aromatic carbocycles. The molecule has 0 aliphatic heterocycles. The molecule has 0 aromatic heterocycles. The van der Waals surface area contributed by atoms with Gasteiger partial charge in [0, 0.05) is 10.0 Å². The highest BCUT2D eigenvalue weighted by atomic mass is 79.9. The molecule has 0 aliphatic carbocycles. The van der Waals surface area contributed by atoms with Gasteiger partial charge in [0.2, 0.25) is 0 Å². The molecule has 2 aromatic rings. The van der Waals surface area contributed by atoms with Gasteiger partial charge in [-0.2, -0.15) is 0 Å². The highest BCUT2D eigenvalue weighted by Gasteiger charge is 2.09. The van der Waals surface area contributed by atoms with Gasteiger partial charge in [-0.1, -0.05) is 23.7 Å². The third-order valence-corrected chi connectivity index (χ3v) is 3.40. The number of amides is 1. The van der Waals surface area contributed by atoms with Crippen LogP contribution in [0.1, 0.15) is 10.4 Å². The molecule has 0 atom stereocenters. The summed E-state index contributed by atoms with van der Waals surface area (Å²) in [5.41, 5.74) is 7.21. The van der Waals surface area contributed by atoms with Gasteiger partial charge in [-0.15, -0.1) is 0 Å². The van der Waals surface area contributed by atoms with Crippen molar-refractivity contribution in [3.63, 3.8) is 0 Å². The zero-order chi connectivity index (χ0) is 13.1. The summed E-state index contributed by atoms with van der Waals surface area (Å²) in [7, 11) is 0. The Bertz CT molecular complexity index is 601. The number of carbonyl (C=O) groups excluding carboxylic acids is 1. The van der Waals surface area contributed by atoms with Crippen molar-refractivity contribution in [1.29, 1.82) is 0 Å². The van der Waals surface area contributed by atoms with Crippen LogP contribution < -0.4 is 11.1 Å². The number of para-hydroxylation sites is 1. The Morgan fingerprint density at radius 1 is 1.22 bits per heavy atom. The Balaban J connectivity index is 2.22. The quantitative estimate of drug-likeness (QED) is 0.822. The fourth-order valence-corrected chi connectivity index (χ4v) is 1.99. The van der Waals surface area contributed by atoms with Crippen molar-refractivity contribution in [3.05, 3.63) is 57.5 Å². The number of halogens is 2. The summed E-state index contributed by atoms with van der Waals surface area (Å²) >= 11 is 9.24. The average Bonchev–Trinajstić information content (AvgIpc) is 2.35. The summed E-state index contributed by atoms with van der Waals surface area (Å²) in [6, 6.07) is 12.2. The van der Waals surface area contributed by atoms with Crippen molar-refractivity contribution in [2.75, 3.05) is 11.1 Å². The number of hydrogen-bond acceptors (Lipinski definition) is 2. The molecule has 2 rings (SSSR count). The third kappa shape index (κ3) is 2.83. The molecule has 0 heterocycles. The molecular formula is C13H10BrClN2O. The van der Waals surface area contributed by atoms with Crippen LogP contribution in [-0.4, -0.2) is 5.91 Å². The molecule has 0 radical (unpaired) electrons. The van der Waals surface area contributed by atoms with Crippen LogP contribution in [0.2, 0.25) is 5.02 Å². The van der Waals surface area contributed by atoms with Gasteiger partial charge in [-0.3, -0.25) is 4.79 Å². The smallest absolute Gasteiger partial charge is 0.255 e. The first-order valence-corrected chi connectivity index (χ1v) is 6.36. The van der Waals surface area contributed by atoms with E-state index in [2.05, 4.69) is 21.2 Å². The number of carbonyl (C=O) groups is 1. The van der Waals surface area contributed by atoms with Crippen molar-refractivity contribution < 1.29 is 4.79 Å². The van der Waals surface area contributed by atoms with Gasteiger partial charge in [-0.25, -0.2) is 0 Å². The topological polar surface area (TPSA) is 55.1 Å². The summed E-state index contributed by atoms with van der Waals surface area (Å²) in [6.45, 7) is 0. The van der Waals surface area contributed by atoms with E-state index in [9.17, 15) is 4.79 Å². The maximum Gasteiger partial charge on any atom is 0.255 e. The van der Waals surface area contributed by atoms with E-state index >= 15 is 0 Å². The molecular weight excluding hydrogens is 316 g/mol. The second-order valence-corrected chi connectivity index (χ2v) is 4.93. The zero-order valence-corrected chi connectivity index (χ0v) is 11.6. The monoisotopic (exact) mass is 324 g/mol. The molecule has 18 heavy (non-hydrogen) atoms. The van der Waals surface area contributed by atoms with Crippen LogP contribution in [0.15, 0.2) is 46.9 Å². The van der Waals surface area contributed by atoms with Gasteiger partial charge in [0.25, 0.3) is 5.91 Å². The number of nitrogen functional groups attached to an aromatic ring is 1. The fourth-order valence-electron chi connectivity index (χ4n) is 1.43. The predicted octanol–water partition coefficient (Wildman–Crippen LogP) is 3.94. The van der Waals surface area contributed by atoms with Crippen molar-refractivity contribution in [2.24, 2.45) is 0 Å². The van der Waals surface area contributed by atoms with Gasteiger partial charge in [0.1, 0.15) is 0 Å². The van der Waals surface area contributed by atoms with Crippen LogP contribution >= 0.6 is 27.5 Å². The van der Waals surface area contributed by atoms with E-state index in [1.54, 1.807) is 24.3 Å². The third-order valence-electron chi connectivity index (χ3n) is 2.38. The van der Waals surface area contributed by atoms with Crippen molar-refractivity contribution in [1.82, 2.24) is 0 Å². The van der Waals surface area contributed by atoms with Crippen LogP contribution in [0.25, 0.3) is 0 Å². The molecule has 92 valence electrons. The lowest BCUT2D eigenvalue weighted by atomic mass is 10.2. The second-order valence-electron chi connectivity index (χ2n) is 3.67. The summed E-state index contributed by atoms with van der Waals surface area (Å²) in [5, 5.41) is 3.16. The van der Waals surface area contributed by atoms with Crippen molar-refractivity contribution in [3.8, 4) is 0 Å². The summed E-state index contributed by atoms with van der Waals surface area (Å²) in [4.78, 5) is 12.0. The van der Waals surface area contributed by atoms with Crippen LogP contribution in [-0.2, 0) is 0 Å². The Morgan fingerprint density at radius 2 is 1.94 bits per heavy atom. The highest BCUT2D eigenvalue weighted by molar-refractivity contribution is 9.10. The molecule has 0 spiro atoms. The number of nitrogens with one attached hydrogen (secondary N) is 1. The molecule has 0 saturated heterocycles. The van der Waals surface area contributed by atoms with E-state index in [1.165, 1.54) is 0 Å². The van der Waals surface area contributed by atoms with Gasteiger partial charge in [0.15, 0.2) is 0 Å². The second kappa shape index (κ2) is 5.42. The van der Waals surface area contributed by atoms with E-state index in [0.29, 0.717) is 22.0 Å². The van der Waals surface area contributed by atoms with Gasteiger partial charge in [-0.05, 0) is 46.3 Å². The summed E-state index contributed by atoms with van der Waals surface area (Å²) < 4.78 is 0.819. The molecule has 5 heteroatoms. The van der Waals surface area contributed by atoms with Crippen molar-refractivity contribution >= 4 is 44.8 Å². The van der Waals surface area contributed by atoms with Crippen LogP contribution in [0.5, 0.6) is 0 Å². The molecule has 3 N–H and O–H groups in total. The summed E-state index contributed by atoms with van der Waals surface area (Å²) in [5.74, 6) is -0.233. The minimum absolute atomic E-state index is 0.233. The van der Waals surface area contributed by atoms with Gasteiger partial charge < -0.3 is 11.1 Å². The summed E-state index contributed by atoms with van der Waals surface area (Å²) in [6.07, 6.45) is 0. The van der Waals surface area contributed by atoms with E-state index in [-0.39, 0.29) is 5.91 Å². The molecule has 3 nitrogen and oxygen atoms in total. The maximum absolute atomic E-state index is 12.0. The minimum Gasteiger partial charge on any atom is -0.398 e. The first-order chi connectivity index (χ1) is 8.58. The Hall–Kier alpha value is -1.52. The van der Waals surface area contributed by atoms with Gasteiger partial charge >= 0.3 is 0 Å².